The molecule has 0 aromatic heterocycles. The summed E-state index contributed by atoms with van der Waals surface area (Å²) in [6.45, 7) is 3.93. The van der Waals surface area contributed by atoms with Crippen molar-refractivity contribution in [1.82, 2.24) is 0 Å². The summed E-state index contributed by atoms with van der Waals surface area (Å²) >= 11 is 0. The summed E-state index contributed by atoms with van der Waals surface area (Å²) in [7, 11) is 0. The first-order valence-corrected chi connectivity index (χ1v) is 2.27. The molecule has 1 heteroatoms. The van der Waals surface area contributed by atoms with Crippen LogP contribution in [0, 0.1) is 11.8 Å². The van der Waals surface area contributed by atoms with Crippen LogP contribution in [-0.2, 0) is 4.79 Å². The fourth-order valence-electron chi connectivity index (χ4n) is 0.529. The predicted octanol–water partition coefficient (Wildman–Crippen LogP) is 0.841. The van der Waals surface area contributed by atoms with Gasteiger partial charge in [0.1, 0.15) is 5.78 Å². The molecule has 0 heterocycles. The molecule has 0 N–H and O–H groups in total. The number of Topliss-reactive ketones (excluding diaryl/α,β-unsaturated/α-hetero) is 1. The molecule has 1 rings (SSSR count). The van der Waals surface area contributed by atoms with Crippen molar-refractivity contribution < 1.29 is 4.79 Å². The first kappa shape index (κ1) is 3.85. The molecule has 2 unspecified atom stereocenters. The predicted molar refractivity (Wildman–Crippen MR) is 23.3 cm³/mol. The normalized spacial score (nSPS) is 43.3. The molecule has 6 heavy (non-hydrogen) atoms. The number of ketones is 1. The third kappa shape index (κ3) is 0.280. The van der Waals surface area contributed by atoms with E-state index in [-0.39, 0.29) is 0 Å². The van der Waals surface area contributed by atoms with Gasteiger partial charge >= 0.3 is 0 Å². The van der Waals surface area contributed by atoms with Gasteiger partial charge in [-0.1, -0.05) is 13.8 Å². The van der Waals surface area contributed by atoms with Crippen LogP contribution in [-0.4, -0.2) is 5.78 Å². The molecule has 1 saturated carbocycles. The summed E-state index contributed by atoms with van der Waals surface area (Å²) in [5.41, 5.74) is 0. The number of rotatable bonds is 0. The van der Waals surface area contributed by atoms with Crippen LogP contribution in [0.3, 0.4) is 0 Å². The molecule has 1 aliphatic rings. The zero-order valence-electron chi connectivity index (χ0n) is 4.06. The van der Waals surface area contributed by atoms with Crippen LogP contribution in [0.1, 0.15) is 13.8 Å². The van der Waals surface area contributed by atoms with Gasteiger partial charge in [0.25, 0.3) is 0 Å². The third-order valence-electron chi connectivity index (χ3n) is 1.54. The Labute approximate surface area is 37.4 Å². The number of carbonyl (C=O) groups excluding carboxylic acids is 1. The van der Waals surface area contributed by atoms with Gasteiger partial charge in [0, 0.05) is 11.8 Å². The maximum absolute atomic E-state index is 10.2. The smallest absolute Gasteiger partial charge is 0.139 e. The summed E-state index contributed by atoms with van der Waals surface area (Å²) in [4.78, 5) is 10.2. The summed E-state index contributed by atoms with van der Waals surface area (Å²) in [5.74, 6) is 1.19. The lowest BCUT2D eigenvalue weighted by atomic mass is 10.4. The summed E-state index contributed by atoms with van der Waals surface area (Å²) in [6.07, 6.45) is 0. The quantitative estimate of drug-likeness (QED) is 0.425. The Kier molecular flexibility index (Phi) is 0.536. The molecule has 0 spiro atoms. The molecule has 0 aliphatic heterocycles. The van der Waals surface area contributed by atoms with Gasteiger partial charge in [-0.05, 0) is 0 Å². The van der Waals surface area contributed by atoms with Crippen molar-refractivity contribution >= 4 is 5.78 Å². The van der Waals surface area contributed by atoms with Crippen LogP contribution in [0.4, 0.5) is 0 Å². The lowest BCUT2D eigenvalue weighted by Gasteiger charge is -1.62. The molecule has 0 aromatic carbocycles. The van der Waals surface area contributed by atoms with E-state index in [0.29, 0.717) is 17.6 Å². The van der Waals surface area contributed by atoms with Crippen LogP contribution >= 0.6 is 0 Å². The monoisotopic (exact) mass is 84.1 g/mol. The first-order valence-electron chi connectivity index (χ1n) is 2.27. The Morgan fingerprint density at radius 1 is 1.33 bits per heavy atom. The Morgan fingerprint density at radius 3 is 1.50 bits per heavy atom. The second kappa shape index (κ2) is 0.837. The van der Waals surface area contributed by atoms with E-state index in [1.54, 1.807) is 0 Å². The maximum atomic E-state index is 10.2. The van der Waals surface area contributed by atoms with Crippen LogP contribution in [0.15, 0.2) is 0 Å². The molecule has 2 atom stereocenters. The topological polar surface area (TPSA) is 17.1 Å². The molecule has 0 radical (unpaired) electrons. The van der Waals surface area contributed by atoms with Crippen molar-refractivity contribution in [3.05, 3.63) is 0 Å². The fraction of sp³-hybridized carbons (Fsp3) is 0.800. The van der Waals surface area contributed by atoms with Gasteiger partial charge in [-0.15, -0.1) is 0 Å². The highest BCUT2D eigenvalue weighted by molar-refractivity contribution is 5.98. The molecule has 0 amide bonds. The van der Waals surface area contributed by atoms with Crippen LogP contribution < -0.4 is 0 Å². The summed E-state index contributed by atoms with van der Waals surface area (Å²) in [6, 6.07) is 0. The molecule has 0 saturated heterocycles. The number of hydrogen-bond donors (Lipinski definition) is 0. The van der Waals surface area contributed by atoms with Crippen LogP contribution in [0.5, 0.6) is 0 Å². The minimum absolute atomic E-state index is 0.380. The summed E-state index contributed by atoms with van der Waals surface area (Å²) in [5, 5.41) is 0. The molecular formula is C5H8O. The molecule has 1 aliphatic carbocycles. The van der Waals surface area contributed by atoms with Gasteiger partial charge in [0.2, 0.25) is 0 Å². The van der Waals surface area contributed by atoms with Crippen molar-refractivity contribution in [2.45, 2.75) is 13.8 Å². The van der Waals surface area contributed by atoms with Crippen molar-refractivity contribution in [1.29, 1.82) is 0 Å². The van der Waals surface area contributed by atoms with Gasteiger partial charge in [-0.2, -0.15) is 0 Å². The van der Waals surface area contributed by atoms with Gasteiger partial charge in [0.05, 0.1) is 0 Å². The SMILES string of the molecule is CC1C(=O)C1C. The van der Waals surface area contributed by atoms with E-state index in [1.165, 1.54) is 0 Å². The van der Waals surface area contributed by atoms with Gasteiger partial charge < -0.3 is 0 Å². The number of hydrogen-bond acceptors (Lipinski definition) is 1. The molecule has 34 valence electrons. The zero-order valence-corrected chi connectivity index (χ0v) is 4.06. The van der Waals surface area contributed by atoms with E-state index in [0.717, 1.165) is 0 Å². The average Bonchev–Trinajstić information content (AvgIpc) is 1.94. The fourth-order valence-corrected chi connectivity index (χ4v) is 0.529. The van der Waals surface area contributed by atoms with Gasteiger partial charge in [0.15, 0.2) is 0 Å². The minimum atomic E-state index is 0.380. The van der Waals surface area contributed by atoms with Gasteiger partial charge in [-0.3, -0.25) is 4.79 Å². The van der Waals surface area contributed by atoms with E-state index in [1.807, 2.05) is 13.8 Å². The zero-order chi connectivity index (χ0) is 4.73. The van der Waals surface area contributed by atoms with E-state index >= 15 is 0 Å². The highest BCUT2D eigenvalue weighted by Gasteiger charge is 2.40. The molecule has 0 aromatic rings. The van der Waals surface area contributed by atoms with E-state index in [4.69, 9.17) is 0 Å². The highest BCUT2D eigenvalue weighted by atomic mass is 16.1. The van der Waals surface area contributed by atoms with E-state index in [9.17, 15) is 4.79 Å². The van der Waals surface area contributed by atoms with Crippen molar-refractivity contribution in [2.75, 3.05) is 0 Å². The Bertz CT molecular complexity index is 75.9. The maximum Gasteiger partial charge on any atom is 0.139 e. The lowest BCUT2D eigenvalue weighted by molar-refractivity contribution is -0.111. The molecule has 0 bridgehead atoms. The second-order valence-corrected chi connectivity index (χ2v) is 1.98. The van der Waals surface area contributed by atoms with Gasteiger partial charge in [-0.25, -0.2) is 0 Å². The van der Waals surface area contributed by atoms with Crippen molar-refractivity contribution in [3.63, 3.8) is 0 Å². The van der Waals surface area contributed by atoms with E-state index < -0.39 is 0 Å². The first-order chi connectivity index (χ1) is 2.73. The second-order valence-electron chi connectivity index (χ2n) is 1.98. The average molecular weight is 84.1 g/mol. The van der Waals surface area contributed by atoms with E-state index in [2.05, 4.69) is 0 Å². The van der Waals surface area contributed by atoms with Crippen LogP contribution in [0.2, 0.25) is 0 Å². The highest BCUT2D eigenvalue weighted by Crippen LogP contribution is 2.31. The molecule has 1 fully saturated rings. The van der Waals surface area contributed by atoms with Crippen molar-refractivity contribution in [3.8, 4) is 0 Å². The Morgan fingerprint density at radius 2 is 1.50 bits per heavy atom. The third-order valence-corrected chi connectivity index (χ3v) is 1.54. The molecule has 1 nitrogen and oxygen atoms in total. The minimum Gasteiger partial charge on any atom is -0.299 e. The van der Waals surface area contributed by atoms with Crippen molar-refractivity contribution in [2.24, 2.45) is 11.8 Å². The standard InChI is InChI=1S/C5H8O/c1-3-4(2)5(3)6/h3-4H,1-2H3. The molecular weight excluding hydrogens is 76.1 g/mol. The Hall–Kier alpha value is -0.330. The lowest BCUT2D eigenvalue weighted by Crippen LogP contribution is -1.61. The number of carbonyl (C=O) groups is 1. The largest absolute Gasteiger partial charge is 0.299 e. The van der Waals surface area contributed by atoms with Crippen LogP contribution in [0.25, 0.3) is 0 Å². The Balaban J connectivity index is 2.51. The summed E-state index contributed by atoms with van der Waals surface area (Å²) < 4.78 is 0.